The summed E-state index contributed by atoms with van der Waals surface area (Å²) in [4.78, 5) is 10.5. The molecule has 0 radical (unpaired) electrons. The SMILES string of the molecule is COc1ccc(NCCn2cccn2)c([N+](=O)[O-])c1. The number of nitrogens with zero attached hydrogens (tertiary/aromatic N) is 3. The van der Waals surface area contributed by atoms with Gasteiger partial charge < -0.3 is 10.1 Å². The number of nitrogens with one attached hydrogen (secondary N) is 1. The Bertz CT molecular complexity index is 554. The van der Waals surface area contributed by atoms with Crippen molar-refractivity contribution in [2.45, 2.75) is 6.54 Å². The van der Waals surface area contributed by atoms with Gasteiger partial charge >= 0.3 is 0 Å². The quantitative estimate of drug-likeness (QED) is 0.635. The average Bonchev–Trinajstić information content (AvgIpc) is 2.92. The topological polar surface area (TPSA) is 82.2 Å². The van der Waals surface area contributed by atoms with E-state index in [4.69, 9.17) is 4.74 Å². The number of ether oxygens (including phenoxy) is 1. The maximum absolute atomic E-state index is 11.0. The highest BCUT2D eigenvalue weighted by atomic mass is 16.6. The molecular weight excluding hydrogens is 248 g/mol. The fraction of sp³-hybridized carbons (Fsp3) is 0.250. The Morgan fingerprint density at radius 2 is 2.37 bits per heavy atom. The maximum Gasteiger partial charge on any atom is 0.296 e. The standard InChI is InChI=1S/C12H14N4O3/c1-19-10-3-4-11(12(9-10)16(17)18)13-6-8-15-7-2-5-14-15/h2-5,7,9,13H,6,8H2,1H3. The summed E-state index contributed by atoms with van der Waals surface area (Å²) in [7, 11) is 1.48. The Labute approximate surface area is 110 Å². The largest absolute Gasteiger partial charge is 0.496 e. The van der Waals surface area contributed by atoms with Gasteiger partial charge in [0.05, 0.1) is 24.6 Å². The molecule has 1 aromatic heterocycles. The lowest BCUT2D eigenvalue weighted by molar-refractivity contribution is -0.384. The molecule has 0 bridgehead atoms. The molecule has 100 valence electrons. The molecule has 7 nitrogen and oxygen atoms in total. The van der Waals surface area contributed by atoms with E-state index in [2.05, 4.69) is 10.4 Å². The summed E-state index contributed by atoms with van der Waals surface area (Å²) < 4.78 is 6.73. The number of hydrogen-bond donors (Lipinski definition) is 1. The molecular formula is C12H14N4O3. The Morgan fingerprint density at radius 3 is 3.00 bits per heavy atom. The van der Waals surface area contributed by atoms with Crippen LogP contribution in [0.1, 0.15) is 0 Å². The molecule has 0 unspecified atom stereocenters. The number of rotatable bonds is 6. The van der Waals surface area contributed by atoms with Crippen molar-refractivity contribution in [2.24, 2.45) is 0 Å². The van der Waals surface area contributed by atoms with Crippen molar-refractivity contribution in [2.75, 3.05) is 19.0 Å². The highest BCUT2D eigenvalue weighted by Gasteiger charge is 2.14. The molecule has 0 fully saturated rings. The fourth-order valence-electron chi connectivity index (χ4n) is 1.68. The number of anilines is 1. The van der Waals surface area contributed by atoms with E-state index in [0.717, 1.165) is 0 Å². The lowest BCUT2D eigenvalue weighted by atomic mass is 10.2. The van der Waals surface area contributed by atoms with E-state index in [1.807, 2.05) is 12.3 Å². The molecule has 0 aliphatic carbocycles. The van der Waals surface area contributed by atoms with Gasteiger partial charge in [-0.3, -0.25) is 14.8 Å². The summed E-state index contributed by atoms with van der Waals surface area (Å²) in [6.07, 6.45) is 3.53. The van der Waals surface area contributed by atoms with Gasteiger partial charge in [-0.05, 0) is 18.2 Å². The van der Waals surface area contributed by atoms with Gasteiger partial charge in [-0.15, -0.1) is 0 Å². The Morgan fingerprint density at radius 1 is 1.53 bits per heavy atom. The summed E-state index contributed by atoms with van der Waals surface area (Å²) in [5, 5.41) is 18.1. The van der Waals surface area contributed by atoms with Crippen molar-refractivity contribution < 1.29 is 9.66 Å². The van der Waals surface area contributed by atoms with Gasteiger partial charge in [0.15, 0.2) is 0 Å². The van der Waals surface area contributed by atoms with Crippen molar-refractivity contribution in [3.05, 3.63) is 46.8 Å². The molecule has 7 heteroatoms. The van der Waals surface area contributed by atoms with E-state index < -0.39 is 4.92 Å². The van der Waals surface area contributed by atoms with Crippen LogP contribution in [0, 0.1) is 10.1 Å². The second-order valence-corrected chi connectivity index (χ2v) is 3.84. The Hall–Kier alpha value is -2.57. The van der Waals surface area contributed by atoms with Gasteiger partial charge in [0, 0.05) is 18.9 Å². The van der Waals surface area contributed by atoms with Crippen LogP contribution >= 0.6 is 0 Å². The van der Waals surface area contributed by atoms with E-state index in [1.54, 1.807) is 23.0 Å². The lowest BCUT2D eigenvalue weighted by Gasteiger charge is -2.08. The zero-order valence-electron chi connectivity index (χ0n) is 10.4. The number of nitro benzene ring substituents is 1. The second-order valence-electron chi connectivity index (χ2n) is 3.84. The van der Waals surface area contributed by atoms with Crippen LogP contribution in [0.15, 0.2) is 36.7 Å². The molecule has 0 saturated heterocycles. The monoisotopic (exact) mass is 262 g/mol. The van der Waals surface area contributed by atoms with Crippen LogP contribution in [-0.4, -0.2) is 28.4 Å². The first kappa shape index (κ1) is 12.9. The zero-order chi connectivity index (χ0) is 13.7. The van der Waals surface area contributed by atoms with Gasteiger partial charge in [0.25, 0.3) is 5.69 Å². The van der Waals surface area contributed by atoms with Crippen LogP contribution in [0.3, 0.4) is 0 Å². The number of nitro groups is 1. The normalized spacial score (nSPS) is 10.2. The first-order valence-corrected chi connectivity index (χ1v) is 5.74. The smallest absolute Gasteiger partial charge is 0.296 e. The van der Waals surface area contributed by atoms with Crippen molar-refractivity contribution in [1.82, 2.24) is 9.78 Å². The third-order valence-electron chi connectivity index (χ3n) is 2.62. The van der Waals surface area contributed by atoms with E-state index >= 15 is 0 Å². The van der Waals surface area contributed by atoms with Crippen LogP contribution < -0.4 is 10.1 Å². The molecule has 2 aromatic rings. The van der Waals surface area contributed by atoms with Crippen molar-refractivity contribution in [1.29, 1.82) is 0 Å². The molecule has 0 saturated carbocycles. The maximum atomic E-state index is 11.0. The van der Waals surface area contributed by atoms with Crippen LogP contribution in [0.2, 0.25) is 0 Å². The first-order valence-electron chi connectivity index (χ1n) is 5.74. The van der Waals surface area contributed by atoms with Crippen LogP contribution in [0.5, 0.6) is 5.75 Å². The summed E-state index contributed by atoms with van der Waals surface area (Å²) in [5.74, 6) is 0.462. The summed E-state index contributed by atoms with van der Waals surface area (Å²) in [5.41, 5.74) is 0.470. The fourth-order valence-corrected chi connectivity index (χ4v) is 1.68. The molecule has 1 aromatic carbocycles. The molecule has 1 heterocycles. The summed E-state index contributed by atoms with van der Waals surface area (Å²) >= 11 is 0. The number of methoxy groups -OCH3 is 1. The first-order chi connectivity index (χ1) is 9.20. The van der Waals surface area contributed by atoms with Crippen LogP contribution in [0.4, 0.5) is 11.4 Å². The summed E-state index contributed by atoms with van der Waals surface area (Å²) in [6.45, 7) is 1.19. The van der Waals surface area contributed by atoms with Crippen molar-refractivity contribution in [3.8, 4) is 5.75 Å². The molecule has 0 amide bonds. The van der Waals surface area contributed by atoms with Gasteiger partial charge in [-0.1, -0.05) is 0 Å². The van der Waals surface area contributed by atoms with Gasteiger partial charge in [-0.2, -0.15) is 5.10 Å². The Kier molecular flexibility index (Phi) is 3.97. The predicted molar refractivity (Wildman–Crippen MR) is 70.4 cm³/mol. The molecule has 1 N–H and O–H groups in total. The third kappa shape index (κ3) is 3.21. The zero-order valence-corrected chi connectivity index (χ0v) is 10.4. The number of aromatic nitrogens is 2. The Balaban J connectivity index is 2.04. The molecule has 0 spiro atoms. The van der Waals surface area contributed by atoms with E-state index in [9.17, 15) is 10.1 Å². The average molecular weight is 262 g/mol. The lowest BCUT2D eigenvalue weighted by Crippen LogP contribution is -2.11. The minimum Gasteiger partial charge on any atom is -0.496 e. The second kappa shape index (κ2) is 5.85. The van der Waals surface area contributed by atoms with Crippen molar-refractivity contribution in [3.63, 3.8) is 0 Å². The van der Waals surface area contributed by atoms with Crippen molar-refractivity contribution >= 4 is 11.4 Å². The van der Waals surface area contributed by atoms with Gasteiger partial charge in [0.2, 0.25) is 0 Å². The molecule has 2 rings (SSSR count). The minimum absolute atomic E-state index is 0.000171. The van der Waals surface area contributed by atoms with Gasteiger partial charge in [0.1, 0.15) is 11.4 Å². The highest BCUT2D eigenvalue weighted by molar-refractivity contribution is 5.63. The summed E-state index contributed by atoms with van der Waals surface area (Å²) in [6, 6.07) is 6.55. The van der Waals surface area contributed by atoms with Crippen LogP contribution in [-0.2, 0) is 6.54 Å². The number of hydrogen-bond acceptors (Lipinski definition) is 5. The van der Waals surface area contributed by atoms with E-state index in [1.165, 1.54) is 13.2 Å². The predicted octanol–water partition coefficient (Wildman–Crippen LogP) is 1.91. The van der Waals surface area contributed by atoms with E-state index in [-0.39, 0.29) is 5.69 Å². The molecule has 0 aliphatic rings. The molecule has 0 aliphatic heterocycles. The minimum atomic E-state index is -0.432. The van der Waals surface area contributed by atoms with Crippen LogP contribution in [0.25, 0.3) is 0 Å². The third-order valence-corrected chi connectivity index (χ3v) is 2.62. The van der Waals surface area contributed by atoms with E-state index in [0.29, 0.717) is 24.5 Å². The molecule has 0 atom stereocenters. The number of benzene rings is 1. The highest BCUT2D eigenvalue weighted by Crippen LogP contribution is 2.28. The molecule has 19 heavy (non-hydrogen) atoms. The van der Waals surface area contributed by atoms with Gasteiger partial charge in [-0.25, -0.2) is 0 Å².